The molecule has 4 aromatic rings. The van der Waals surface area contributed by atoms with Gasteiger partial charge in [-0.1, -0.05) is 6.07 Å². The van der Waals surface area contributed by atoms with Crippen molar-refractivity contribution in [1.29, 1.82) is 0 Å². The van der Waals surface area contributed by atoms with Gasteiger partial charge in [0.2, 0.25) is 5.95 Å². The van der Waals surface area contributed by atoms with E-state index in [-0.39, 0.29) is 17.8 Å². The number of pyridine rings is 1. The minimum atomic E-state index is -0.147. The number of fused-ring (bicyclic) bond motifs is 2. The Bertz CT molecular complexity index is 1280. The fourth-order valence-corrected chi connectivity index (χ4v) is 4.31. The number of nitrogens with zero attached hydrogens (tertiary/aromatic N) is 3. The lowest BCUT2D eigenvalue weighted by atomic mass is 10.2. The standard InChI is InChI=1S/C23H24N4O3/c1-14-12-26(13-15(2)30-14)16-7-9-18-19(11-16)25-23(24-18)27-20-5-4-6-21(29-3)17(20)8-10-22(27)28/h4-11,14-15H,12-13H2,1-3H3,(H,24,25)/t14-,15+. The molecule has 0 saturated carbocycles. The van der Waals surface area contributed by atoms with Gasteiger partial charge < -0.3 is 19.4 Å². The number of imidazole rings is 1. The summed E-state index contributed by atoms with van der Waals surface area (Å²) < 4.78 is 12.9. The molecule has 1 fully saturated rings. The number of aromatic nitrogens is 3. The molecule has 0 spiro atoms. The summed E-state index contributed by atoms with van der Waals surface area (Å²) in [6.45, 7) is 5.88. The van der Waals surface area contributed by atoms with E-state index >= 15 is 0 Å². The van der Waals surface area contributed by atoms with Crippen LogP contribution in [0.3, 0.4) is 0 Å². The van der Waals surface area contributed by atoms with Crippen LogP contribution < -0.4 is 15.2 Å². The third-order valence-corrected chi connectivity index (χ3v) is 5.57. The van der Waals surface area contributed by atoms with Gasteiger partial charge in [0.15, 0.2) is 0 Å². The molecule has 7 nitrogen and oxygen atoms in total. The summed E-state index contributed by atoms with van der Waals surface area (Å²) in [5.74, 6) is 1.21. The minimum Gasteiger partial charge on any atom is -0.496 e. The number of hydrogen-bond acceptors (Lipinski definition) is 5. The van der Waals surface area contributed by atoms with Gasteiger partial charge >= 0.3 is 0 Å². The Kier molecular flexibility index (Phi) is 4.47. The fourth-order valence-electron chi connectivity index (χ4n) is 4.31. The van der Waals surface area contributed by atoms with Crippen molar-refractivity contribution in [3.63, 3.8) is 0 Å². The van der Waals surface area contributed by atoms with Crippen LogP contribution in [0.2, 0.25) is 0 Å². The van der Waals surface area contributed by atoms with Gasteiger partial charge in [0.05, 0.1) is 35.9 Å². The van der Waals surface area contributed by atoms with E-state index in [0.29, 0.717) is 5.95 Å². The highest BCUT2D eigenvalue weighted by Gasteiger charge is 2.23. The molecular formula is C23H24N4O3. The number of benzene rings is 2. The summed E-state index contributed by atoms with van der Waals surface area (Å²) in [7, 11) is 1.63. The number of ether oxygens (including phenoxy) is 2. The molecule has 3 heterocycles. The quantitative estimate of drug-likeness (QED) is 0.566. The van der Waals surface area contributed by atoms with E-state index in [4.69, 9.17) is 9.47 Å². The molecule has 0 bridgehead atoms. The van der Waals surface area contributed by atoms with Crippen LogP contribution in [0, 0.1) is 0 Å². The summed E-state index contributed by atoms with van der Waals surface area (Å²) in [4.78, 5) is 23.1. The molecule has 0 amide bonds. The Balaban J connectivity index is 1.61. The van der Waals surface area contributed by atoms with Crippen LogP contribution in [0.4, 0.5) is 5.69 Å². The van der Waals surface area contributed by atoms with Crippen LogP contribution in [-0.4, -0.2) is 46.9 Å². The van der Waals surface area contributed by atoms with E-state index in [2.05, 4.69) is 40.8 Å². The van der Waals surface area contributed by atoms with Crippen molar-refractivity contribution in [2.45, 2.75) is 26.1 Å². The first-order valence-electron chi connectivity index (χ1n) is 10.1. The molecule has 0 radical (unpaired) electrons. The summed E-state index contributed by atoms with van der Waals surface area (Å²) in [5.41, 5.74) is 3.42. The number of hydrogen-bond donors (Lipinski definition) is 1. The van der Waals surface area contributed by atoms with Gasteiger partial charge in [0.25, 0.3) is 5.56 Å². The largest absolute Gasteiger partial charge is 0.496 e. The summed E-state index contributed by atoms with van der Waals surface area (Å²) >= 11 is 0. The van der Waals surface area contributed by atoms with Crippen LogP contribution in [0.1, 0.15) is 13.8 Å². The van der Waals surface area contributed by atoms with E-state index in [1.54, 1.807) is 23.8 Å². The maximum Gasteiger partial charge on any atom is 0.257 e. The van der Waals surface area contributed by atoms with Crippen LogP contribution >= 0.6 is 0 Å². The van der Waals surface area contributed by atoms with Crippen molar-refractivity contribution in [3.05, 3.63) is 58.9 Å². The maximum atomic E-state index is 12.7. The molecule has 2 aromatic carbocycles. The predicted octanol–water partition coefficient (Wildman–Crippen LogP) is 3.49. The minimum absolute atomic E-state index is 0.147. The number of methoxy groups -OCH3 is 1. The molecule has 1 aliphatic rings. The van der Waals surface area contributed by atoms with Gasteiger partial charge in [-0.3, -0.25) is 4.79 Å². The molecule has 30 heavy (non-hydrogen) atoms. The average molecular weight is 404 g/mol. The second-order valence-corrected chi connectivity index (χ2v) is 7.82. The second kappa shape index (κ2) is 7.18. The third kappa shape index (κ3) is 3.11. The summed E-state index contributed by atoms with van der Waals surface area (Å²) in [6.07, 6.45) is 0.372. The number of H-pyrrole nitrogens is 1. The highest BCUT2D eigenvalue weighted by Crippen LogP contribution is 2.27. The van der Waals surface area contributed by atoms with Gasteiger partial charge in [-0.15, -0.1) is 0 Å². The molecule has 154 valence electrons. The van der Waals surface area contributed by atoms with Gasteiger partial charge in [-0.05, 0) is 50.2 Å². The normalized spacial score (nSPS) is 19.5. The molecule has 0 unspecified atom stereocenters. The Labute approximate surface area is 173 Å². The first-order chi connectivity index (χ1) is 14.5. The van der Waals surface area contributed by atoms with Crippen molar-refractivity contribution < 1.29 is 9.47 Å². The first kappa shape index (κ1) is 18.7. The molecule has 7 heteroatoms. The van der Waals surface area contributed by atoms with Gasteiger partial charge in [-0.25, -0.2) is 9.55 Å². The number of morpholine rings is 1. The lowest BCUT2D eigenvalue weighted by molar-refractivity contribution is -0.00521. The number of nitrogens with one attached hydrogen (secondary N) is 1. The van der Waals surface area contributed by atoms with E-state index in [0.717, 1.165) is 46.5 Å². The molecule has 2 atom stereocenters. The lowest BCUT2D eigenvalue weighted by Gasteiger charge is -2.36. The monoisotopic (exact) mass is 404 g/mol. The van der Waals surface area contributed by atoms with E-state index < -0.39 is 0 Å². The smallest absolute Gasteiger partial charge is 0.257 e. The van der Waals surface area contributed by atoms with Crippen molar-refractivity contribution in [2.75, 3.05) is 25.1 Å². The molecule has 1 saturated heterocycles. The highest BCUT2D eigenvalue weighted by molar-refractivity contribution is 5.87. The van der Waals surface area contributed by atoms with Gasteiger partial charge in [-0.2, -0.15) is 0 Å². The maximum absolute atomic E-state index is 12.7. The Hall–Kier alpha value is -3.32. The van der Waals surface area contributed by atoms with E-state index in [1.165, 1.54) is 0 Å². The van der Waals surface area contributed by atoms with Crippen molar-refractivity contribution >= 4 is 27.6 Å². The lowest BCUT2D eigenvalue weighted by Crippen LogP contribution is -2.45. The summed E-state index contributed by atoms with van der Waals surface area (Å²) in [6, 6.07) is 15.1. The van der Waals surface area contributed by atoms with Crippen molar-refractivity contribution in [3.8, 4) is 11.7 Å². The predicted molar refractivity (Wildman–Crippen MR) is 118 cm³/mol. The van der Waals surface area contributed by atoms with E-state index in [9.17, 15) is 4.79 Å². The zero-order valence-electron chi connectivity index (χ0n) is 17.3. The molecule has 1 N–H and O–H groups in total. The highest BCUT2D eigenvalue weighted by atomic mass is 16.5. The van der Waals surface area contributed by atoms with Crippen LogP contribution in [0.5, 0.6) is 5.75 Å². The number of anilines is 1. The van der Waals surface area contributed by atoms with Gasteiger partial charge in [0, 0.05) is 30.2 Å². The topological polar surface area (TPSA) is 72.4 Å². The Morgan fingerprint density at radius 3 is 2.67 bits per heavy atom. The number of aromatic amines is 1. The number of rotatable bonds is 3. The average Bonchev–Trinajstić information content (AvgIpc) is 3.15. The van der Waals surface area contributed by atoms with Crippen LogP contribution in [0.15, 0.2) is 53.3 Å². The van der Waals surface area contributed by atoms with E-state index in [1.807, 2.05) is 24.3 Å². The zero-order chi connectivity index (χ0) is 20.8. The van der Waals surface area contributed by atoms with Crippen molar-refractivity contribution in [1.82, 2.24) is 14.5 Å². The fraction of sp³-hybridized carbons (Fsp3) is 0.304. The molecule has 2 aromatic heterocycles. The van der Waals surface area contributed by atoms with Gasteiger partial charge in [0.1, 0.15) is 5.75 Å². The zero-order valence-corrected chi connectivity index (χ0v) is 17.3. The second-order valence-electron chi connectivity index (χ2n) is 7.82. The molecule has 1 aliphatic heterocycles. The molecule has 5 rings (SSSR count). The SMILES string of the molecule is COc1cccc2c1ccc(=O)n2-c1nc2ccc(N3C[C@@H](C)O[C@@H](C)C3)cc2[nH]1. The third-order valence-electron chi connectivity index (χ3n) is 5.57. The summed E-state index contributed by atoms with van der Waals surface area (Å²) in [5, 5.41) is 0.858. The first-order valence-corrected chi connectivity index (χ1v) is 10.1. The molecular weight excluding hydrogens is 380 g/mol. The van der Waals surface area contributed by atoms with Crippen molar-refractivity contribution in [2.24, 2.45) is 0 Å². The van der Waals surface area contributed by atoms with Crippen LogP contribution in [-0.2, 0) is 4.74 Å². The van der Waals surface area contributed by atoms with Crippen LogP contribution in [0.25, 0.3) is 27.9 Å². The Morgan fingerprint density at radius 2 is 1.90 bits per heavy atom. The molecule has 0 aliphatic carbocycles. The Morgan fingerprint density at radius 1 is 1.10 bits per heavy atom.